The molecule has 1 rings (SSSR count). The van der Waals surface area contributed by atoms with Gasteiger partial charge in [-0.05, 0) is 12.3 Å². The topological polar surface area (TPSA) is 153 Å². The minimum Gasteiger partial charge on any atom is -0.480 e. The smallest absolute Gasteiger partial charge is 0.410 e. The lowest BCUT2D eigenvalue weighted by Crippen LogP contribution is -2.43. The van der Waals surface area contributed by atoms with Gasteiger partial charge < -0.3 is 9.84 Å². The van der Waals surface area contributed by atoms with Gasteiger partial charge in [-0.25, -0.2) is 9.59 Å². The highest BCUT2D eigenvalue weighted by atomic mass is 16.6. The molecule has 0 spiro atoms. The van der Waals surface area contributed by atoms with Crippen LogP contribution >= 0.6 is 0 Å². The Morgan fingerprint density at radius 2 is 1.65 bits per heavy atom. The predicted octanol–water partition coefficient (Wildman–Crippen LogP) is 2.57. The monoisotopic (exact) mass is 369 g/mol. The minimum atomic E-state index is -1.19. The van der Waals surface area contributed by atoms with Gasteiger partial charge >= 0.3 is 12.1 Å². The van der Waals surface area contributed by atoms with Crippen molar-refractivity contribution >= 4 is 23.4 Å². The van der Waals surface area contributed by atoms with Gasteiger partial charge in [0, 0.05) is 24.7 Å². The van der Waals surface area contributed by atoms with Gasteiger partial charge in [0.2, 0.25) is 0 Å². The largest absolute Gasteiger partial charge is 0.480 e. The quantitative estimate of drug-likeness (QED) is 0.542. The Kier molecular flexibility index (Phi) is 6.99. The second-order valence-corrected chi connectivity index (χ2v) is 6.02. The molecule has 0 fully saturated rings. The van der Waals surface area contributed by atoms with Crippen molar-refractivity contribution in [2.24, 2.45) is 5.92 Å². The molecule has 11 nitrogen and oxygen atoms in total. The Balaban J connectivity index is 2.90. The number of nitro groups is 2. The summed E-state index contributed by atoms with van der Waals surface area (Å²) in [5.74, 6) is -1.17. The van der Waals surface area contributed by atoms with Crippen LogP contribution in [0.2, 0.25) is 0 Å². The Labute approximate surface area is 148 Å². The fraction of sp³-hybridized carbons (Fsp3) is 0.467. The molecule has 11 heteroatoms. The van der Waals surface area contributed by atoms with Crippen molar-refractivity contribution in [1.82, 2.24) is 4.90 Å². The van der Waals surface area contributed by atoms with Crippen LogP contribution in [0.1, 0.15) is 25.8 Å². The number of amides is 1. The molecule has 0 aromatic heterocycles. The third kappa shape index (κ3) is 5.69. The number of benzene rings is 1. The number of hydrogen-bond acceptors (Lipinski definition) is 7. The highest BCUT2D eigenvalue weighted by Gasteiger charge is 2.28. The van der Waals surface area contributed by atoms with E-state index in [1.54, 1.807) is 13.8 Å². The van der Waals surface area contributed by atoms with Gasteiger partial charge in [-0.2, -0.15) is 0 Å². The van der Waals surface area contributed by atoms with E-state index >= 15 is 0 Å². The highest BCUT2D eigenvalue weighted by molar-refractivity contribution is 5.79. The van der Waals surface area contributed by atoms with E-state index < -0.39 is 45.9 Å². The average molecular weight is 369 g/mol. The lowest BCUT2D eigenvalue weighted by atomic mass is 10.0. The lowest BCUT2D eigenvalue weighted by molar-refractivity contribution is -0.394. The van der Waals surface area contributed by atoms with Gasteiger partial charge in [-0.15, -0.1) is 0 Å². The number of carbonyl (C=O) groups is 2. The van der Waals surface area contributed by atoms with Crippen molar-refractivity contribution in [3.05, 3.63) is 44.0 Å². The molecule has 0 heterocycles. The summed E-state index contributed by atoms with van der Waals surface area (Å²) in [7, 11) is 1.26. The van der Waals surface area contributed by atoms with Gasteiger partial charge in [0.15, 0.2) is 0 Å². The SMILES string of the molecule is CC(C)C[C@H](C(=O)O)N(C)C(=O)OCc1cc([N+](=O)[O-])cc([N+](=O)[O-])c1. The molecule has 0 saturated carbocycles. The summed E-state index contributed by atoms with van der Waals surface area (Å²) in [5.41, 5.74) is -0.980. The van der Waals surface area contributed by atoms with E-state index in [9.17, 15) is 34.9 Å². The van der Waals surface area contributed by atoms with Crippen molar-refractivity contribution in [1.29, 1.82) is 0 Å². The van der Waals surface area contributed by atoms with Gasteiger partial charge in [-0.1, -0.05) is 13.8 Å². The Morgan fingerprint density at radius 3 is 2.04 bits per heavy atom. The molecule has 0 aliphatic heterocycles. The van der Waals surface area contributed by atoms with Gasteiger partial charge in [0.05, 0.1) is 15.9 Å². The second kappa shape index (κ2) is 8.74. The number of carbonyl (C=O) groups excluding carboxylic acids is 1. The highest BCUT2D eigenvalue weighted by Crippen LogP contribution is 2.23. The average Bonchev–Trinajstić information content (AvgIpc) is 2.56. The molecular formula is C15H19N3O8. The molecule has 0 saturated heterocycles. The molecule has 0 radical (unpaired) electrons. The molecule has 0 bridgehead atoms. The Morgan fingerprint density at radius 1 is 1.15 bits per heavy atom. The summed E-state index contributed by atoms with van der Waals surface area (Å²) >= 11 is 0. The molecular weight excluding hydrogens is 350 g/mol. The molecule has 1 atom stereocenters. The number of carboxylic acid groups (broad SMARTS) is 1. The van der Waals surface area contributed by atoms with Crippen molar-refractivity contribution in [2.45, 2.75) is 32.9 Å². The maximum atomic E-state index is 12.1. The molecule has 142 valence electrons. The number of carboxylic acids is 1. The van der Waals surface area contributed by atoms with Gasteiger partial charge in [0.25, 0.3) is 11.4 Å². The number of likely N-dealkylation sites (N-methyl/N-ethyl adjacent to an activating group) is 1. The van der Waals surface area contributed by atoms with Crippen LogP contribution in [-0.4, -0.2) is 45.0 Å². The van der Waals surface area contributed by atoms with Crippen LogP contribution in [0.4, 0.5) is 16.2 Å². The van der Waals surface area contributed by atoms with Gasteiger partial charge in [-0.3, -0.25) is 25.1 Å². The first-order valence-corrected chi connectivity index (χ1v) is 7.58. The van der Waals surface area contributed by atoms with Crippen LogP contribution in [0, 0.1) is 26.1 Å². The number of nitrogens with zero attached hydrogens (tertiary/aromatic N) is 3. The minimum absolute atomic E-state index is 0.0192. The van der Waals surface area contributed by atoms with E-state index in [-0.39, 0.29) is 17.9 Å². The summed E-state index contributed by atoms with van der Waals surface area (Å²) in [6, 6.07) is 1.79. The molecule has 1 aromatic rings. The fourth-order valence-corrected chi connectivity index (χ4v) is 2.20. The number of nitro benzene ring substituents is 2. The molecule has 1 aromatic carbocycles. The van der Waals surface area contributed by atoms with E-state index in [2.05, 4.69) is 0 Å². The number of ether oxygens (including phenoxy) is 1. The normalized spacial score (nSPS) is 11.7. The number of rotatable bonds is 8. The molecule has 26 heavy (non-hydrogen) atoms. The number of hydrogen-bond donors (Lipinski definition) is 1. The predicted molar refractivity (Wildman–Crippen MR) is 88.6 cm³/mol. The summed E-state index contributed by atoms with van der Waals surface area (Å²) in [6.07, 6.45) is -0.740. The standard InChI is InChI=1S/C15H19N3O8/c1-9(2)4-13(14(19)20)16(3)15(21)26-8-10-5-11(17(22)23)7-12(6-10)18(24)25/h5-7,9,13H,4,8H2,1-3H3,(H,19,20)/t13-/m1/s1. The number of non-ortho nitro benzene ring substituents is 2. The van der Waals surface area contributed by atoms with Gasteiger partial charge in [0.1, 0.15) is 12.6 Å². The maximum absolute atomic E-state index is 12.1. The number of aliphatic carboxylic acids is 1. The molecule has 0 aliphatic rings. The second-order valence-electron chi connectivity index (χ2n) is 6.02. The lowest BCUT2D eigenvalue weighted by Gasteiger charge is -2.25. The van der Waals surface area contributed by atoms with Crippen molar-refractivity contribution < 1.29 is 29.3 Å². The molecule has 0 unspecified atom stereocenters. The van der Waals surface area contributed by atoms with Crippen LogP contribution in [0.3, 0.4) is 0 Å². The van der Waals surface area contributed by atoms with Crippen molar-refractivity contribution in [3.8, 4) is 0 Å². The van der Waals surface area contributed by atoms with Crippen LogP contribution < -0.4 is 0 Å². The van der Waals surface area contributed by atoms with E-state index in [1.165, 1.54) is 7.05 Å². The zero-order valence-corrected chi connectivity index (χ0v) is 14.4. The van der Waals surface area contributed by atoms with Crippen LogP contribution in [0.25, 0.3) is 0 Å². The van der Waals surface area contributed by atoms with Crippen LogP contribution in [0.15, 0.2) is 18.2 Å². The third-order valence-corrected chi connectivity index (χ3v) is 3.48. The first-order valence-electron chi connectivity index (χ1n) is 7.58. The first-order chi connectivity index (χ1) is 12.0. The van der Waals surface area contributed by atoms with E-state index in [4.69, 9.17) is 4.74 Å². The Bertz CT molecular complexity index is 687. The summed E-state index contributed by atoms with van der Waals surface area (Å²) < 4.78 is 4.95. The molecule has 1 amide bonds. The van der Waals surface area contributed by atoms with Crippen LogP contribution in [-0.2, 0) is 16.1 Å². The Hall–Kier alpha value is -3.24. The zero-order valence-electron chi connectivity index (χ0n) is 14.4. The maximum Gasteiger partial charge on any atom is 0.410 e. The van der Waals surface area contributed by atoms with E-state index in [0.717, 1.165) is 23.1 Å². The first kappa shape index (κ1) is 20.8. The molecule has 0 aliphatic carbocycles. The third-order valence-electron chi connectivity index (χ3n) is 3.48. The summed E-state index contributed by atoms with van der Waals surface area (Å²) in [5, 5.41) is 30.9. The molecule has 1 N–H and O–H groups in total. The van der Waals surface area contributed by atoms with E-state index in [1.807, 2.05) is 0 Å². The zero-order chi connectivity index (χ0) is 20.0. The van der Waals surface area contributed by atoms with Crippen molar-refractivity contribution in [3.63, 3.8) is 0 Å². The summed E-state index contributed by atoms with van der Waals surface area (Å²) in [4.78, 5) is 44.3. The van der Waals surface area contributed by atoms with Crippen LogP contribution in [0.5, 0.6) is 0 Å². The van der Waals surface area contributed by atoms with Crippen molar-refractivity contribution in [2.75, 3.05) is 7.05 Å². The van der Waals surface area contributed by atoms with E-state index in [0.29, 0.717) is 0 Å². The fourth-order valence-electron chi connectivity index (χ4n) is 2.20. The summed E-state index contributed by atoms with van der Waals surface area (Å²) in [6.45, 7) is 3.13.